The van der Waals surface area contributed by atoms with Crippen molar-refractivity contribution in [1.29, 1.82) is 0 Å². The molecule has 0 bridgehead atoms. The Morgan fingerprint density at radius 1 is 0.882 bits per heavy atom. The fourth-order valence-electron chi connectivity index (χ4n) is 1.67. The standard InChI is InChI=1S/C14H32N2O/c1-12(2)5-8-16(9-6-13(3)4)10-7-14(17)11-15/h12-14,17H,5-11,15H2,1-4H3. The summed E-state index contributed by atoms with van der Waals surface area (Å²) in [6.07, 6.45) is 2.93. The number of rotatable bonds is 10. The van der Waals surface area contributed by atoms with Crippen molar-refractivity contribution in [3.63, 3.8) is 0 Å². The van der Waals surface area contributed by atoms with E-state index in [2.05, 4.69) is 32.6 Å². The van der Waals surface area contributed by atoms with Crippen molar-refractivity contribution >= 4 is 0 Å². The number of aliphatic hydroxyl groups excluding tert-OH is 1. The van der Waals surface area contributed by atoms with Gasteiger partial charge in [0.15, 0.2) is 0 Å². The summed E-state index contributed by atoms with van der Waals surface area (Å²) in [6, 6.07) is 0. The van der Waals surface area contributed by atoms with Gasteiger partial charge in [-0.05, 0) is 44.2 Å². The molecule has 104 valence electrons. The van der Waals surface area contributed by atoms with Crippen LogP contribution < -0.4 is 5.73 Å². The highest BCUT2D eigenvalue weighted by molar-refractivity contribution is 4.65. The third kappa shape index (κ3) is 10.7. The van der Waals surface area contributed by atoms with E-state index in [1.165, 1.54) is 12.8 Å². The van der Waals surface area contributed by atoms with E-state index in [1.54, 1.807) is 0 Å². The zero-order chi connectivity index (χ0) is 13.3. The first-order valence-corrected chi connectivity index (χ1v) is 7.06. The SMILES string of the molecule is CC(C)CCN(CCC(C)C)CCC(O)CN. The van der Waals surface area contributed by atoms with Gasteiger partial charge in [0.25, 0.3) is 0 Å². The summed E-state index contributed by atoms with van der Waals surface area (Å²) in [6.45, 7) is 12.7. The molecule has 1 unspecified atom stereocenters. The van der Waals surface area contributed by atoms with Crippen LogP contribution >= 0.6 is 0 Å². The second-order valence-electron chi connectivity index (χ2n) is 5.88. The molecule has 0 aromatic heterocycles. The van der Waals surface area contributed by atoms with E-state index in [4.69, 9.17) is 5.73 Å². The van der Waals surface area contributed by atoms with Crippen molar-refractivity contribution in [1.82, 2.24) is 4.90 Å². The van der Waals surface area contributed by atoms with E-state index in [-0.39, 0.29) is 6.10 Å². The lowest BCUT2D eigenvalue weighted by Crippen LogP contribution is -2.32. The van der Waals surface area contributed by atoms with Gasteiger partial charge in [0.2, 0.25) is 0 Å². The van der Waals surface area contributed by atoms with Gasteiger partial charge >= 0.3 is 0 Å². The minimum Gasteiger partial charge on any atom is -0.392 e. The minimum absolute atomic E-state index is 0.337. The molecule has 17 heavy (non-hydrogen) atoms. The Labute approximate surface area is 107 Å². The van der Waals surface area contributed by atoms with Gasteiger partial charge in [-0.25, -0.2) is 0 Å². The van der Waals surface area contributed by atoms with Gasteiger partial charge in [0.05, 0.1) is 6.10 Å². The van der Waals surface area contributed by atoms with Gasteiger partial charge in [-0.3, -0.25) is 0 Å². The number of aliphatic hydroxyl groups is 1. The molecule has 0 aliphatic rings. The maximum atomic E-state index is 9.51. The summed E-state index contributed by atoms with van der Waals surface area (Å²) < 4.78 is 0. The summed E-state index contributed by atoms with van der Waals surface area (Å²) >= 11 is 0. The van der Waals surface area contributed by atoms with Gasteiger partial charge in [-0.1, -0.05) is 27.7 Å². The summed E-state index contributed by atoms with van der Waals surface area (Å²) in [5.41, 5.74) is 5.43. The number of hydrogen-bond acceptors (Lipinski definition) is 3. The van der Waals surface area contributed by atoms with Crippen LogP contribution in [0.4, 0.5) is 0 Å². The summed E-state index contributed by atoms with van der Waals surface area (Å²) in [4.78, 5) is 2.47. The molecule has 0 spiro atoms. The molecule has 0 aromatic rings. The Morgan fingerprint density at radius 2 is 1.29 bits per heavy atom. The topological polar surface area (TPSA) is 49.5 Å². The van der Waals surface area contributed by atoms with Crippen molar-refractivity contribution in [2.45, 2.75) is 53.1 Å². The fraction of sp³-hybridized carbons (Fsp3) is 1.00. The Kier molecular flexibility index (Phi) is 9.79. The molecule has 0 aliphatic carbocycles. The molecule has 0 saturated heterocycles. The Morgan fingerprint density at radius 3 is 1.65 bits per heavy atom. The van der Waals surface area contributed by atoms with Gasteiger partial charge in [0, 0.05) is 13.1 Å². The summed E-state index contributed by atoms with van der Waals surface area (Å²) in [5.74, 6) is 1.49. The molecule has 1 atom stereocenters. The molecule has 0 saturated carbocycles. The molecule has 0 aromatic carbocycles. The predicted octanol–water partition coefficient (Wildman–Crippen LogP) is 2.09. The number of nitrogens with zero attached hydrogens (tertiary/aromatic N) is 1. The third-order valence-electron chi connectivity index (χ3n) is 3.10. The average Bonchev–Trinajstić information content (AvgIpc) is 2.26. The second-order valence-corrected chi connectivity index (χ2v) is 5.88. The van der Waals surface area contributed by atoms with Crippen LogP contribution in [0.1, 0.15) is 47.0 Å². The molecule has 0 heterocycles. The smallest absolute Gasteiger partial charge is 0.0674 e. The van der Waals surface area contributed by atoms with E-state index in [9.17, 15) is 5.11 Å². The molecule has 0 fully saturated rings. The van der Waals surface area contributed by atoms with Crippen LogP contribution in [0.15, 0.2) is 0 Å². The first kappa shape index (κ1) is 16.9. The molecular weight excluding hydrogens is 212 g/mol. The zero-order valence-corrected chi connectivity index (χ0v) is 12.2. The van der Waals surface area contributed by atoms with Crippen molar-refractivity contribution in [3.05, 3.63) is 0 Å². The zero-order valence-electron chi connectivity index (χ0n) is 12.2. The average molecular weight is 244 g/mol. The molecule has 0 amide bonds. The van der Waals surface area contributed by atoms with Gasteiger partial charge < -0.3 is 15.7 Å². The molecule has 3 nitrogen and oxygen atoms in total. The predicted molar refractivity (Wildman–Crippen MR) is 75.0 cm³/mol. The summed E-state index contributed by atoms with van der Waals surface area (Å²) in [7, 11) is 0. The van der Waals surface area contributed by atoms with E-state index in [0.717, 1.165) is 37.9 Å². The van der Waals surface area contributed by atoms with Gasteiger partial charge in [-0.2, -0.15) is 0 Å². The second kappa shape index (κ2) is 9.86. The number of nitrogens with two attached hydrogens (primary N) is 1. The lowest BCUT2D eigenvalue weighted by Gasteiger charge is -2.25. The van der Waals surface area contributed by atoms with E-state index in [0.29, 0.717) is 6.54 Å². The van der Waals surface area contributed by atoms with Gasteiger partial charge in [0.1, 0.15) is 0 Å². The maximum Gasteiger partial charge on any atom is 0.0674 e. The highest BCUT2D eigenvalue weighted by Crippen LogP contribution is 2.07. The molecule has 0 aliphatic heterocycles. The maximum absolute atomic E-state index is 9.51. The normalized spacial score (nSPS) is 13.9. The largest absolute Gasteiger partial charge is 0.392 e. The van der Waals surface area contributed by atoms with Crippen LogP contribution in [0.25, 0.3) is 0 Å². The Bertz CT molecular complexity index is 160. The quantitative estimate of drug-likeness (QED) is 0.619. The first-order valence-electron chi connectivity index (χ1n) is 7.06. The van der Waals surface area contributed by atoms with Crippen LogP contribution in [0.2, 0.25) is 0 Å². The van der Waals surface area contributed by atoms with Gasteiger partial charge in [-0.15, -0.1) is 0 Å². The number of hydrogen-bond donors (Lipinski definition) is 2. The van der Waals surface area contributed by atoms with E-state index < -0.39 is 0 Å². The first-order chi connectivity index (χ1) is 7.95. The van der Waals surface area contributed by atoms with Crippen molar-refractivity contribution < 1.29 is 5.11 Å². The van der Waals surface area contributed by atoms with E-state index >= 15 is 0 Å². The van der Waals surface area contributed by atoms with Crippen molar-refractivity contribution in [2.24, 2.45) is 17.6 Å². The van der Waals surface area contributed by atoms with Crippen LogP contribution in [0.3, 0.4) is 0 Å². The summed E-state index contributed by atoms with van der Waals surface area (Å²) in [5, 5.41) is 9.51. The monoisotopic (exact) mass is 244 g/mol. The molecule has 3 N–H and O–H groups in total. The molecule has 0 radical (unpaired) electrons. The van der Waals surface area contributed by atoms with Crippen molar-refractivity contribution in [2.75, 3.05) is 26.2 Å². The van der Waals surface area contributed by atoms with Crippen LogP contribution in [-0.2, 0) is 0 Å². The minimum atomic E-state index is -0.337. The highest BCUT2D eigenvalue weighted by atomic mass is 16.3. The fourth-order valence-corrected chi connectivity index (χ4v) is 1.67. The van der Waals surface area contributed by atoms with Crippen LogP contribution in [0.5, 0.6) is 0 Å². The Balaban J connectivity index is 3.92. The third-order valence-corrected chi connectivity index (χ3v) is 3.10. The van der Waals surface area contributed by atoms with Crippen molar-refractivity contribution in [3.8, 4) is 0 Å². The lowest BCUT2D eigenvalue weighted by atomic mass is 10.1. The molecule has 3 heteroatoms. The molecule has 0 rings (SSSR count). The Hall–Kier alpha value is -0.120. The van der Waals surface area contributed by atoms with Crippen LogP contribution in [0, 0.1) is 11.8 Å². The van der Waals surface area contributed by atoms with E-state index in [1.807, 2.05) is 0 Å². The van der Waals surface area contributed by atoms with Crippen LogP contribution in [-0.4, -0.2) is 42.3 Å². The highest BCUT2D eigenvalue weighted by Gasteiger charge is 2.09. The lowest BCUT2D eigenvalue weighted by molar-refractivity contribution is 0.142. The molecular formula is C14H32N2O.